The summed E-state index contributed by atoms with van der Waals surface area (Å²) in [6.07, 6.45) is -3.61. The minimum atomic E-state index is -4.63. The van der Waals surface area contributed by atoms with E-state index in [1.54, 1.807) is 24.1 Å². The number of carboxylic acid groups (broad SMARTS) is 1. The number of nitrogens with zero attached hydrogens (tertiary/aromatic N) is 3. The predicted molar refractivity (Wildman–Crippen MR) is 110 cm³/mol. The van der Waals surface area contributed by atoms with E-state index in [1.807, 2.05) is 0 Å². The van der Waals surface area contributed by atoms with Gasteiger partial charge in [-0.05, 0) is 23.8 Å². The largest absolute Gasteiger partial charge is 0.506 e. The summed E-state index contributed by atoms with van der Waals surface area (Å²) in [6.45, 7) is -0.606. The first-order valence-electron chi connectivity index (χ1n) is 9.65. The van der Waals surface area contributed by atoms with Gasteiger partial charge in [0.1, 0.15) is 23.6 Å². The molecule has 1 unspecified atom stereocenters. The minimum absolute atomic E-state index is 0.156. The summed E-state index contributed by atoms with van der Waals surface area (Å²) in [5.74, 6) is -3.04. The second-order valence-corrected chi connectivity index (χ2v) is 7.52. The van der Waals surface area contributed by atoms with Crippen LogP contribution in [0.2, 0.25) is 0 Å². The first-order chi connectivity index (χ1) is 15.5. The van der Waals surface area contributed by atoms with Crippen LogP contribution in [-0.2, 0) is 11.0 Å². The highest BCUT2D eigenvalue weighted by molar-refractivity contribution is 6.05. The summed E-state index contributed by atoms with van der Waals surface area (Å²) >= 11 is 0. The molecule has 0 bridgehead atoms. The average Bonchev–Trinajstić information content (AvgIpc) is 2.76. The summed E-state index contributed by atoms with van der Waals surface area (Å²) in [7, 11) is 1.72. The van der Waals surface area contributed by atoms with E-state index in [9.17, 15) is 32.7 Å². The molecule has 1 aliphatic heterocycles. The second-order valence-electron chi connectivity index (χ2n) is 7.52. The zero-order valence-electron chi connectivity index (χ0n) is 17.1. The van der Waals surface area contributed by atoms with E-state index in [0.29, 0.717) is 5.69 Å². The van der Waals surface area contributed by atoms with Crippen LogP contribution in [0.25, 0.3) is 10.9 Å². The number of anilines is 1. The van der Waals surface area contributed by atoms with Crippen LogP contribution in [0, 0.1) is 0 Å². The number of nitrogens with one attached hydrogen (secondary N) is 1. The van der Waals surface area contributed by atoms with E-state index >= 15 is 0 Å². The van der Waals surface area contributed by atoms with Gasteiger partial charge in [-0.2, -0.15) is 13.2 Å². The first-order valence-corrected chi connectivity index (χ1v) is 9.65. The fourth-order valence-corrected chi connectivity index (χ4v) is 3.95. The number of carbonyl (C=O) groups is 2. The number of aromatic nitrogens is 2. The Morgan fingerprint density at radius 3 is 2.58 bits per heavy atom. The Hall–Kier alpha value is -4.09. The lowest BCUT2D eigenvalue weighted by molar-refractivity contribution is -0.141. The molecule has 1 atom stereocenters. The fraction of sp³-hybridized carbons (Fsp3) is 0.238. The van der Waals surface area contributed by atoms with E-state index in [-0.39, 0.29) is 23.0 Å². The van der Waals surface area contributed by atoms with Crippen LogP contribution in [-0.4, -0.2) is 51.8 Å². The van der Waals surface area contributed by atoms with Crippen LogP contribution < -0.4 is 15.8 Å². The molecule has 1 aromatic carbocycles. The number of amides is 1. The highest BCUT2D eigenvalue weighted by Crippen LogP contribution is 2.39. The van der Waals surface area contributed by atoms with Gasteiger partial charge >= 0.3 is 12.1 Å². The highest BCUT2D eigenvalue weighted by Gasteiger charge is 2.35. The van der Waals surface area contributed by atoms with Crippen LogP contribution in [0.3, 0.4) is 0 Å². The Morgan fingerprint density at radius 1 is 1.24 bits per heavy atom. The van der Waals surface area contributed by atoms with Crippen LogP contribution in [0.4, 0.5) is 18.9 Å². The highest BCUT2D eigenvalue weighted by atomic mass is 19.4. The van der Waals surface area contributed by atoms with Gasteiger partial charge < -0.3 is 20.4 Å². The lowest BCUT2D eigenvalue weighted by Gasteiger charge is -2.35. The smallest absolute Gasteiger partial charge is 0.433 e. The Bertz CT molecular complexity index is 1330. The Morgan fingerprint density at radius 2 is 1.97 bits per heavy atom. The van der Waals surface area contributed by atoms with Crippen molar-refractivity contribution in [2.24, 2.45) is 0 Å². The van der Waals surface area contributed by atoms with Crippen molar-refractivity contribution in [1.29, 1.82) is 0 Å². The monoisotopic (exact) mass is 462 g/mol. The van der Waals surface area contributed by atoms with Gasteiger partial charge in [-0.1, -0.05) is 12.1 Å². The molecule has 3 heterocycles. The number of hydrogen-bond donors (Lipinski definition) is 3. The Kier molecular flexibility index (Phi) is 5.23. The quantitative estimate of drug-likeness (QED) is 0.542. The van der Waals surface area contributed by atoms with Gasteiger partial charge in [0.25, 0.3) is 11.5 Å². The van der Waals surface area contributed by atoms with Crippen molar-refractivity contribution in [2.45, 2.75) is 12.2 Å². The number of likely N-dealkylation sites (N-methyl/N-ethyl adjacent to an activating group) is 1. The number of pyridine rings is 2. The lowest BCUT2D eigenvalue weighted by Crippen LogP contribution is -2.42. The molecule has 1 amide bonds. The number of carboxylic acids is 1. The van der Waals surface area contributed by atoms with Crippen molar-refractivity contribution < 1.29 is 33.0 Å². The molecule has 0 saturated carbocycles. The SMILES string of the molecule is CN1CC(c2ccc(C(F)(F)F)nc2)n2c(=O)c(C(=O)NCC(=O)O)c(O)c3cccc1c32. The lowest BCUT2D eigenvalue weighted by atomic mass is 9.99. The summed E-state index contributed by atoms with van der Waals surface area (Å²) in [5, 5.41) is 21.8. The Labute approximate surface area is 183 Å². The average molecular weight is 462 g/mol. The second kappa shape index (κ2) is 7.80. The predicted octanol–water partition coefficient (Wildman–Crippen LogP) is 1.97. The van der Waals surface area contributed by atoms with E-state index in [0.717, 1.165) is 12.3 Å². The molecule has 172 valence electrons. The van der Waals surface area contributed by atoms with E-state index < -0.39 is 53.2 Å². The third-order valence-corrected chi connectivity index (χ3v) is 5.44. The zero-order valence-corrected chi connectivity index (χ0v) is 17.1. The molecule has 4 rings (SSSR count). The van der Waals surface area contributed by atoms with Crippen LogP contribution in [0.5, 0.6) is 5.75 Å². The molecular formula is C21H17F3N4O5. The van der Waals surface area contributed by atoms with Crippen LogP contribution >= 0.6 is 0 Å². The van der Waals surface area contributed by atoms with Crippen molar-refractivity contribution in [3.05, 3.63) is 63.7 Å². The molecule has 3 N–H and O–H groups in total. The molecule has 3 aromatic rings. The maximum Gasteiger partial charge on any atom is 0.433 e. The number of para-hydroxylation sites is 1. The van der Waals surface area contributed by atoms with E-state index in [1.165, 1.54) is 16.7 Å². The molecular weight excluding hydrogens is 445 g/mol. The molecule has 9 nitrogen and oxygen atoms in total. The maximum absolute atomic E-state index is 13.4. The van der Waals surface area contributed by atoms with Gasteiger partial charge in [0, 0.05) is 25.2 Å². The summed E-state index contributed by atoms with van der Waals surface area (Å²) in [6, 6.07) is 5.97. The number of halogens is 3. The molecule has 12 heteroatoms. The number of alkyl halides is 3. The molecule has 0 fully saturated rings. The van der Waals surface area contributed by atoms with Crippen LogP contribution in [0.15, 0.2) is 41.3 Å². The number of hydrogen-bond acceptors (Lipinski definition) is 6. The van der Waals surface area contributed by atoms with Gasteiger partial charge in [-0.15, -0.1) is 0 Å². The van der Waals surface area contributed by atoms with Gasteiger partial charge in [-0.3, -0.25) is 23.9 Å². The van der Waals surface area contributed by atoms with Crippen molar-refractivity contribution in [1.82, 2.24) is 14.9 Å². The van der Waals surface area contributed by atoms with E-state index in [4.69, 9.17) is 5.11 Å². The van der Waals surface area contributed by atoms with Gasteiger partial charge in [-0.25, -0.2) is 0 Å². The topological polar surface area (TPSA) is 125 Å². The minimum Gasteiger partial charge on any atom is -0.506 e. The van der Waals surface area contributed by atoms with Crippen molar-refractivity contribution >= 4 is 28.5 Å². The molecule has 0 radical (unpaired) electrons. The van der Waals surface area contributed by atoms with Gasteiger partial charge in [0.15, 0.2) is 0 Å². The number of aromatic hydroxyl groups is 1. The molecule has 1 aliphatic rings. The van der Waals surface area contributed by atoms with Crippen molar-refractivity contribution in [2.75, 3.05) is 25.0 Å². The summed E-state index contributed by atoms with van der Waals surface area (Å²) in [5.41, 5.74) is -1.52. The van der Waals surface area contributed by atoms with Crippen molar-refractivity contribution in [3.63, 3.8) is 0 Å². The fourth-order valence-electron chi connectivity index (χ4n) is 3.95. The van der Waals surface area contributed by atoms with Gasteiger partial charge in [0.2, 0.25) is 0 Å². The molecule has 0 spiro atoms. The van der Waals surface area contributed by atoms with Gasteiger partial charge in [0.05, 0.1) is 17.2 Å². The maximum atomic E-state index is 13.4. The van der Waals surface area contributed by atoms with Crippen molar-refractivity contribution in [3.8, 4) is 5.75 Å². The normalized spacial score (nSPS) is 15.5. The zero-order chi connectivity index (χ0) is 24.1. The molecule has 33 heavy (non-hydrogen) atoms. The molecule has 0 saturated heterocycles. The Balaban J connectivity index is 1.95. The number of benzene rings is 1. The molecule has 0 aliphatic carbocycles. The number of aliphatic carboxylic acids is 1. The first kappa shape index (κ1) is 22.1. The molecule has 2 aromatic heterocycles. The van der Waals surface area contributed by atoms with Crippen LogP contribution in [0.1, 0.15) is 27.7 Å². The third-order valence-electron chi connectivity index (χ3n) is 5.44. The summed E-state index contributed by atoms with van der Waals surface area (Å²) in [4.78, 5) is 42.0. The third kappa shape index (κ3) is 3.73. The van der Waals surface area contributed by atoms with E-state index in [2.05, 4.69) is 10.3 Å². The standard InChI is InChI=1S/C21H17F3N4O5/c1-27-9-13(10-5-6-14(25-7-10)21(22,23)24)28-17-11(3-2-4-12(17)27)18(31)16(20(28)33)19(32)26-8-15(29)30/h2-7,13,31H,8-9H2,1H3,(H,26,32)(H,29,30). The summed E-state index contributed by atoms with van der Waals surface area (Å²) < 4.78 is 40.1. The number of carbonyl (C=O) groups excluding carboxylic acids is 1. The number of rotatable bonds is 4.